The minimum atomic E-state index is -3.30. The summed E-state index contributed by atoms with van der Waals surface area (Å²) in [6.45, 7) is 2.23. The molecule has 1 aliphatic rings. The van der Waals surface area contributed by atoms with Crippen LogP contribution in [0.1, 0.15) is 18.4 Å². The molecule has 23 heavy (non-hydrogen) atoms. The normalized spacial score (nSPS) is 17.2. The first-order valence-electron chi connectivity index (χ1n) is 7.17. The number of anilines is 2. The second-order valence-electron chi connectivity index (χ2n) is 5.67. The van der Waals surface area contributed by atoms with Gasteiger partial charge in [-0.3, -0.25) is 9.10 Å². The van der Waals surface area contributed by atoms with E-state index in [1.165, 1.54) is 4.31 Å². The van der Waals surface area contributed by atoms with E-state index in [1.807, 2.05) is 0 Å². The maximum atomic E-state index is 12.0. The van der Waals surface area contributed by atoms with Gasteiger partial charge in [-0.25, -0.2) is 16.8 Å². The second-order valence-corrected chi connectivity index (χ2v) is 9.94. The van der Waals surface area contributed by atoms with Gasteiger partial charge in [0.2, 0.25) is 15.9 Å². The lowest BCUT2D eigenvalue weighted by Gasteiger charge is -2.20. The third kappa shape index (κ3) is 4.68. The average molecular weight is 360 g/mol. The third-order valence-electron chi connectivity index (χ3n) is 3.56. The Bertz CT molecular complexity index is 816. The predicted octanol–water partition coefficient (Wildman–Crippen LogP) is 0.908. The van der Waals surface area contributed by atoms with Crippen molar-refractivity contribution in [2.75, 3.05) is 33.9 Å². The Morgan fingerprint density at radius 2 is 2.04 bits per heavy atom. The van der Waals surface area contributed by atoms with E-state index in [9.17, 15) is 21.6 Å². The summed E-state index contributed by atoms with van der Waals surface area (Å²) in [5.74, 6) is -0.523. The number of amides is 1. The molecule has 2 rings (SSSR count). The number of rotatable bonds is 5. The fourth-order valence-electron chi connectivity index (χ4n) is 2.37. The minimum absolute atomic E-state index is 0.122. The number of nitrogens with zero attached hydrogens (tertiary/aromatic N) is 1. The van der Waals surface area contributed by atoms with E-state index < -0.39 is 25.8 Å². The monoisotopic (exact) mass is 360 g/mol. The number of hydrogen-bond acceptors (Lipinski definition) is 5. The first-order valence-corrected chi connectivity index (χ1v) is 10.8. The molecule has 0 unspecified atom stereocenters. The van der Waals surface area contributed by atoms with Gasteiger partial charge in [0, 0.05) is 24.9 Å². The lowest BCUT2D eigenvalue weighted by molar-refractivity contribution is -0.115. The molecule has 1 aromatic rings. The summed E-state index contributed by atoms with van der Waals surface area (Å²) in [4.78, 5) is 11.8. The van der Waals surface area contributed by atoms with Crippen LogP contribution in [0.25, 0.3) is 0 Å². The molecule has 0 spiro atoms. The number of sulfone groups is 1. The smallest absolute Gasteiger partial charge is 0.235 e. The zero-order valence-corrected chi connectivity index (χ0v) is 14.7. The number of aryl methyl sites for hydroxylation is 1. The van der Waals surface area contributed by atoms with Crippen molar-refractivity contribution in [3.05, 3.63) is 23.8 Å². The second kappa shape index (κ2) is 6.48. The Morgan fingerprint density at radius 1 is 1.35 bits per heavy atom. The molecule has 0 aromatic heterocycles. The van der Waals surface area contributed by atoms with Crippen molar-refractivity contribution >= 4 is 37.1 Å². The molecule has 128 valence electrons. The van der Waals surface area contributed by atoms with Crippen LogP contribution in [0.3, 0.4) is 0 Å². The van der Waals surface area contributed by atoms with Gasteiger partial charge in [-0.15, -0.1) is 0 Å². The molecule has 7 nitrogen and oxygen atoms in total. The summed E-state index contributed by atoms with van der Waals surface area (Å²) >= 11 is 0. The molecule has 0 radical (unpaired) electrons. The van der Waals surface area contributed by atoms with E-state index in [0.717, 1.165) is 11.8 Å². The summed E-state index contributed by atoms with van der Waals surface area (Å²) in [5, 5.41) is 2.61. The molecule has 9 heteroatoms. The Kier molecular flexibility index (Phi) is 5.00. The van der Waals surface area contributed by atoms with Gasteiger partial charge in [0.05, 0.1) is 17.2 Å². The molecular formula is C14H20N2O5S2. The van der Waals surface area contributed by atoms with Crippen LogP contribution in [0.5, 0.6) is 0 Å². The van der Waals surface area contributed by atoms with Gasteiger partial charge in [0.1, 0.15) is 9.84 Å². The lowest BCUT2D eigenvalue weighted by Crippen LogP contribution is -2.26. The number of sulfonamides is 1. The molecule has 1 aliphatic heterocycles. The highest BCUT2D eigenvalue weighted by Gasteiger charge is 2.29. The summed E-state index contributed by atoms with van der Waals surface area (Å²) in [7, 11) is -6.50. The van der Waals surface area contributed by atoms with E-state index in [4.69, 9.17) is 0 Å². The van der Waals surface area contributed by atoms with Gasteiger partial charge in [-0.1, -0.05) is 6.07 Å². The highest BCUT2D eigenvalue weighted by atomic mass is 32.2. The van der Waals surface area contributed by atoms with Crippen molar-refractivity contribution in [1.82, 2.24) is 0 Å². The van der Waals surface area contributed by atoms with Crippen LogP contribution in [0.4, 0.5) is 11.4 Å². The highest BCUT2D eigenvalue weighted by molar-refractivity contribution is 7.93. The standard InChI is InChI=1S/C14H20N2O5S2/c1-11-4-5-12(15-14(17)6-9-22(2,18)19)10-13(11)16-7-3-8-23(16,20)21/h4-5,10H,3,6-9H2,1-2H3,(H,15,17). The van der Waals surface area contributed by atoms with Crippen molar-refractivity contribution in [2.45, 2.75) is 19.8 Å². The molecule has 1 fully saturated rings. The van der Waals surface area contributed by atoms with Crippen LogP contribution in [0.15, 0.2) is 18.2 Å². The largest absolute Gasteiger partial charge is 0.326 e. The van der Waals surface area contributed by atoms with Gasteiger partial charge >= 0.3 is 0 Å². The Labute approximate surface area is 136 Å². The fraction of sp³-hybridized carbons (Fsp3) is 0.500. The highest BCUT2D eigenvalue weighted by Crippen LogP contribution is 2.30. The Balaban J connectivity index is 2.16. The molecular weight excluding hydrogens is 340 g/mol. The van der Waals surface area contributed by atoms with Crippen LogP contribution >= 0.6 is 0 Å². The number of carbonyl (C=O) groups is 1. The van der Waals surface area contributed by atoms with Crippen molar-refractivity contribution in [1.29, 1.82) is 0 Å². The summed E-state index contributed by atoms with van der Waals surface area (Å²) in [5.41, 5.74) is 1.79. The van der Waals surface area contributed by atoms with Crippen LogP contribution in [-0.4, -0.2) is 47.0 Å². The topological polar surface area (TPSA) is 101 Å². The van der Waals surface area contributed by atoms with E-state index in [0.29, 0.717) is 24.3 Å². The zero-order chi connectivity index (χ0) is 17.3. The number of carbonyl (C=O) groups excluding carboxylic acids is 1. The number of hydrogen-bond donors (Lipinski definition) is 1. The molecule has 1 saturated heterocycles. The van der Waals surface area contributed by atoms with E-state index in [2.05, 4.69) is 5.32 Å². The first kappa shape index (κ1) is 17.7. The molecule has 1 heterocycles. The number of nitrogens with one attached hydrogen (secondary N) is 1. The predicted molar refractivity (Wildman–Crippen MR) is 89.9 cm³/mol. The van der Waals surface area contributed by atoms with Crippen molar-refractivity contribution in [3.8, 4) is 0 Å². The first-order chi connectivity index (χ1) is 10.6. The van der Waals surface area contributed by atoms with Gasteiger partial charge in [-0.05, 0) is 31.0 Å². The van der Waals surface area contributed by atoms with E-state index >= 15 is 0 Å². The SMILES string of the molecule is Cc1ccc(NC(=O)CCS(C)(=O)=O)cc1N1CCCS1(=O)=O. The van der Waals surface area contributed by atoms with Crippen LogP contribution in [-0.2, 0) is 24.7 Å². The van der Waals surface area contributed by atoms with Crippen LogP contribution < -0.4 is 9.62 Å². The minimum Gasteiger partial charge on any atom is -0.326 e. The molecule has 0 atom stereocenters. The third-order valence-corrected chi connectivity index (χ3v) is 6.36. The number of benzene rings is 1. The quantitative estimate of drug-likeness (QED) is 0.841. The van der Waals surface area contributed by atoms with E-state index in [-0.39, 0.29) is 17.9 Å². The van der Waals surface area contributed by atoms with Crippen LogP contribution in [0, 0.1) is 6.92 Å². The molecule has 1 aromatic carbocycles. The molecule has 1 amide bonds. The van der Waals surface area contributed by atoms with Crippen molar-refractivity contribution in [3.63, 3.8) is 0 Å². The van der Waals surface area contributed by atoms with Gasteiger partial charge in [0.15, 0.2) is 0 Å². The van der Waals surface area contributed by atoms with Gasteiger partial charge in [-0.2, -0.15) is 0 Å². The maximum absolute atomic E-state index is 12.0. The van der Waals surface area contributed by atoms with Crippen molar-refractivity contribution in [2.24, 2.45) is 0 Å². The fourth-order valence-corrected chi connectivity index (χ4v) is 4.54. The zero-order valence-electron chi connectivity index (χ0n) is 13.1. The molecule has 0 bridgehead atoms. The van der Waals surface area contributed by atoms with Gasteiger partial charge in [0.25, 0.3) is 0 Å². The Hall–Kier alpha value is -1.61. The van der Waals surface area contributed by atoms with Crippen molar-refractivity contribution < 1.29 is 21.6 Å². The lowest BCUT2D eigenvalue weighted by atomic mass is 10.1. The maximum Gasteiger partial charge on any atom is 0.235 e. The van der Waals surface area contributed by atoms with Gasteiger partial charge < -0.3 is 5.32 Å². The average Bonchev–Trinajstić information content (AvgIpc) is 2.77. The van der Waals surface area contributed by atoms with E-state index in [1.54, 1.807) is 25.1 Å². The molecule has 1 N–H and O–H groups in total. The molecule has 0 aliphatic carbocycles. The molecule has 0 saturated carbocycles. The Morgan fingerprint density at radius 3 is 2.61 bits per heavy atom. The summed E-state index contributed by atoms with van der Waals surface area (Å²) < 4.78 is 47.6. The van der Waals surface area contributed by atoms with Crippen LogP contribution in [0.2, 0.25) is 0 Å². The summed E-state index contributed by atoms with van der Waals surface area (Å²) in [6, 6.07) is 5.01. The summed E-state index contributed by atoms with van der Waals surface area (Å²) in [6.07, 6.45) is 1.51.